The van der Waals surface area contributed by atoms with Gasteiger partial charge in [0.05, 0.1) is 18.2 Å². The number of aromatic nitrogens is 3. The molecular weight excluding hydrogens is 274 g/mol. The van der Waals surface area contributed by atoms with Gasteiger partial charge in [-0.05, 0) is 24.6 Å². The van der Waals surface area contributed by atoms with Crippen LogP contribution in [-0.2, 0) is 11.2 Å². The second kappa shape index (κ2) is 6.73. The van der Waals surface area contributed by atoms with Crippen LogP contribution in [0.2, 0.25) is 0 Å². The van der Waals surface area contributed by atoms with Crippen LogP contribution in [0.4, 0.5) is 5.69 Å². The van der Waals surface area contributed by atoms with E-state index in [9.17, 15) is 4.79 Å². The quantitative estimate of drug-likeness (QED) is 0.819. The third-order valence-electron chi connectivity index (χ3n) is 2.43. The smallest absolute Gasteiger partial charge is 0.234 e. The molecule has 0 radical (unpaired) electrons. The van der Waals surface area contributed by atoms with E-state index in [4.69, 9.17) is 5.26 Å². The van der Waals surface area contributed by atoms with E-state index >= 15 is 0 Å². The SMILES string of the molecule is Cc1nc(SCC(=O)Nc2ccc(CC#N)cc2)n[nH]1. The van der Waals surface area contributed by atoms with E-state index in [-0.39, 0.29) is 11.7 Å². The first-order valence-electron chi connectivity index (χ1n) is 5.95. The van der Waals surface area contributed by atoms with E-state index < -0.39 is 0 Å². The zero-order valence-corrected chi connectivity index (χ0v) is 11.7. The third-order valence-corrected chi connectivity index (χ3v) is 3.28. The summed E-state index contributed by atoms with van der Waals surface area (Å²) in [5.41, 5.74) is 1.64. The second-order valence-electron chi connectivity index (χ2n) is 4.07. The van der Waals surface area contributed by atoms with Crippen molar-refractivity contribution in [2.45, 2.75) is 18.5 Å². The van der Waals surface area contributed by atoms with Crippen molar-refractivity contribution < 1.29 is 4.79 Å². The summed E-state index contributed by atoms with van der Waals surface area (Å²) in [6.45, 7) is 1.81. The molecule has 2 N–H and O–H groups in total. The molecular formula is C13H13N5OS. The number of hydrogen-bond donors (Lipinski definition) is 2. The number of nitrogens with zero attached hydrogens (tertiary/aromatic N) is 3. The Morgan fingerprint density at radius 1 is 1.45 bits per heavy atom. The molecule has 102 valence electrons. The van der Waals surface area contributed by atoms with E-state index in [1.54, 1.807) is 19.1 Å². The highest BCUT2D eigenvalue weighted by molar-refractivity contribution is 7.99. The Balaban J connectivity index is 1.83. The van der Waals surface area contributed by atoms with Crippen molar-refractivity contribution in [3.05, 3.63) is 35.7 Å². The molecule has 1 heterocycles. The topological polar surface area (TPSA) is 94.5 Å². The summed E-state index contributed by atoms with van der Waals surface area (Å²) in [6.07, 6.45) is 0.369. The number of nitrogens with one attached hydrogen (secondary N) is 2. The fraction of sp³-hybridized carbons (Fsp3) is 0.231. The van der Waals surface area contributed by atoms with E-state index in [2.05, 4.69) is 26.6 Å². The van der Waals surface area contributed by atoms with Crippen LogP contribution in [-0.4, -0.2) is 26.8 Å². The molecule has 0 unspecified atom stereocenters. The van der Waals surface area contributed by atoms with Crippen LogP contribution in [0.5, 0.6) is 0 Å². The van der Waals surface area contributed by atoms with Crippen LogP contribution in [0.1, 0.15) is 11.4 Å². The van der Waals surface area contributed by atoms with Crippen molar-refractivity contribution in [3.63, 3.8) is 0 Å². The van der Waals surface area contributed by atoms with Crippen molar-refractivity contribution in [1.29, 1.82) is 5.26 Å². The summed E-state index contributed by atoms with van der Waals surface area (Å²) in [4.78, 5) is 15.9. The number of thioether (sulfide) groups is 1. The number of nitriles is 1. The normalized spacial score (nSPS) is 10.0. The molecule has 0 fully saturated rings. The van der Waals surface area contributed by atoms with Crippen LogP contribution in [0.25, 0.3) is 0 Å². The number of amides is 1. The molecule has 0 aliphatic carbocycles. The van der Waals surface area contributed by atoms with E-state index in [0.29, 0.717) is 17.3 Å². The molecule has 0 bridgehead atoms. The minimum atomic E-state index is -0.120. The van der Waals surface area contributed by atoms with E-state index in [1.807, 2.05) is 12.1 Å². The minimum Gasteiger partial charge on any atom is -0.325 e. The predicted molar refractivity (Wildman–Crippen MR) is 76.2 cm³/mol. The number of hydrogen-bond acceptors (Lipinski definition) is 5. The molecule has 0 saturated heterocycles. The maximum atomic E-state index is 11.8. The molecule has 0 aliphatic rings. The number of carbonyl (C=O) groups is 1. The van der Waals surface area contributed by atoms with Crippen LogP contribution in [0.3, 0.4) is 0 Å². The molecule has 1 amide bonds. The molecule has 20 heavy (non-hydrogen) atoms. The number of benzene rings is 1. The molecule has 0 saturated carbocycles. The predicted octanol–water partition coefficient (Wildman–Crippen LogP) is 1.91. The number of carbonyl (C=O) groups excluding carboxylic acids is 1. The number of aromatic amines is 1. The molecule has 7 heteroatoms. The third kappa shape index (κ3) is 4.10. The van der Waals surface area contributed by atoms with Gasteiger partial charge in [-0.15, -0.1) is 5.10 Å². The number of anilines is 1. The van der Waals surface area contributed by atoms with Crippen molar-refractivity contribution in [3.8, 4) is 6.07 Å². The molecule has 2 rings (SSSR count). The van der Waals surface area contributed by atoms with Gasteiger partial charge < -0.3 is 5.32 Å². The lowest BCUT2D eigenvalue weighted by atomic mass is 10.1. The minimum absolute atomic E-state index is 0.120. The molecule has 6 nitrogen and oxygen atoms in total. The summed E-state index contributed by atoms with van der Waals surface area (Å²) >= 11 is 1.27. The fourth-order valence-corrected chi connectivity index (χ4v) is 2.16. The van der Waals surface area contributed by atoms with Crippen LogP contribution in [0, 0.1) is 18.3 Å². The Labute approximate surface area is 120 Å². The summed E-state index contributed by atoms with van der Waals surface area (Å²) in [5.74, 6) is 0.850. The Hall–Kier alpha value is -2.33. The van der Waals surface area contributed by atoms with Crippen LogP contribution in [0.15, 0.2) is 29.4 Å². The van der Waals surface area contributed by atoms with Crippen molar-refractivity contribution in [2.75, 3.05) is 11.1 Å². The van der Waals surface area contributed by atoms with Crippen molar-refractivity contribution >= 4 is 23.4 Å². The monoisotopic (exact) mass is 287 g/mol. The standard InChI is InChI=1S/C13H13N5OS/c1-9-15-13(18-17-9)20-8-12(19)16-11-4-2-10(3-5-11)6-7-14/h2-5H,6,8H2,1H3,(H,16,19)(H,15,17,18). The highest BCUT2D eigenvalue weighted by Gasteiger charge is 2.06. The number of H-pyrrole nitrogens is 1. The van der Waals surface area contributed by atoms with E-state index in [1.165, 1.54) is 11.8 Å². The lowest BCUT2D eigenvalue weighted by Gasteiger charge is -2.04. The Kier molecular flexibility index (Phi) is 4.74. The zero-order chi connectivity index (χ0) is 14.4. The van der Waals surface area contributed by atoms with Gasteiger partial charge in [0, 0.05) is 5.69 Å². The van der Waals surface area contributed by atoms with Gasteiger partial charge in [-0.3, -0.25) is 9.89 Å². The molecule has 2 aromatic rings. The summed E-state index contributed by atoms with van der Waals surface area (Å²) in [7, 11) is 0. The number of rotatable bonds is 5. The highest BCUT2D eigenvalue weighted by Crippen LogP contribution is 2.14. The van der Waals surface area contributed by atoms with Crippen molar-refractivity contribution in [1.82, 2.24) is 15.2 Å². The lowest BCUT2D eigenvalue weighted by Crippen LogP contribution is -2.14. The first kappa shape index (κ1) is 14.1. The lowest BCUT2D eigenvalue weighted by molar-refractivity contribution is -0.113. The maximum Gasteiger partial charge on any atom is 0.234 e. The molecule has 0 aliphatic heterocycles. The van der Waals surface area contributed by atoms with Gasteiger partial charge >= 0.3 is 0 Å². The molecule has 1 aromatic heterocycles. The summed E-state index contributed by atoms with van der Waals surface area (Å²) in [6, 6.07) is 9.29. The van der Waals surface area contributed by atoms with Crippen molar-refractivity contribution in [2.24, 2.45) is 0 Å². The zero-order valence-electron chi connectivity index (χ0n) is 10.9. The largest absolute Gasteiger partial charge is 0.325 e. The van der Waals surface area contributed by atoms with Gasteiger partial charge in [-0.1, -0.05) is 23.9 Å². The van der Waals surface area contributed by atoms with Gasteiger partial charge in [-0.25, -0.2) is 4.98 Å². The molecule has 1 aromatic carbocycles. The number of aryl methyl sites for hydroxylation is 1. The van der Waals surface area contributed by atoms with Gasteiger partial charge in [0.1, 0.15) is 5.82 Å². The molecule has 0 spiro atoms. The second-order valence-corrected chi connectivity index (χ2v) is 5.01. The van der Waals surface area contributed by atoms with Gasteiger partial charge in [0.25, 0.3) is 0 Å². The Bertz CT molecular complexity index is 629. The summed E-state index contributed by atoms with van der Waals surface area (Å²) in [5, 5.41) is 18.6. The van der Waals surface area contributed by atoms with Crippen LogP contribution < -0.4 is 5.32 Å². The van der Waals surface area contributed by atoms with Crippen LogP contribution >= 0.6 is 11.8 Å². The fourth-order valence-electron chi connectivity index (χ4n) is 1.51. The average molecular weight is 287 g/mol. The average Bonchev–Trinajstić information content (AvgIpc) is 2.85. The first-order valence-corrected chi connectivity index (χ1v) is 6.93. The van der Waals surface area contributed by atoms with Gasteiger partial charge in [-0.2, -0.15) is 5.26 Å². The Morgan fingerprint density at radius 2 is 2.20 bits per heavy atom. The maximum absolute atomic E-state index is 11.8. The van der Waals surface area contributed by atoms with Gasteiger partial charge in [0.15, 0.2) is 0 Å². The van der Waals surface area contributed by atoms with E-state index in [0.717, 1.165) is 11.4 Å². The van der Waals surface area contributed by atoms with Gasteiger partial charge in [0.2, 0.25) is 11.1 Å². The summed E-state index contributed by atoms with van der Waals surface area (Å²) < 4.78 is 0. The highest BCUT2D eigenvalue weighted by atomic mass is 32.2. The first-order chi connectivity index (χ1) is 9.67. The Morgan fingerprint density at radius 3 is 2.80 bits per heavy atom. The molecule has 0 atom stereocenters.